The number of pyridine rings is 1. The summed E-state index contributed by atoms with van der Waals surface area (Å²) in [6.45, 7) is 1.95. The van der Waals surface area contributed by atoms with Gasteiger partial charge in [-0.1, -0.05) is 6.92 Å². The average molecular weight is 180 g/mol. The lowest BCUT2D eigenvalue weighted by Gasteiger charge is -2.08. The van der Waals surface area contributed by atoms with Crippen molar-refractivity contribution in [2.45, 2.75) is 19.4 Å². The molecule has 0 aliphatic heterocycles. The molecule has 0 aromatic carbocycles. The number of carbonyl (C=O) groups is 1. The number of aromatic carboxylic acids is 1. The van der Waals surface area contributed by atoms with Crippen molar-refractivity contribution in [3.8, 4) is 0 Å². The molecule has 0 aliphatic rings. The van der Waals surface area contributed by atoms with E-state index in [-0.39, 0.29) is 11.7 Å². The number of hydrogen-bond donors (Lipinski definition) is 2. The zero-order valence-electron chi connectivity index (χ0n) is 7.40. The Morgan fingerprint density at radius 2 is 2.46 bits per heavy atom. The fourth-order valence-electron chi connectivity index (χ4n) is 1.03. The van der Waals surface area contributed by atoms with Gasteiger partial charge >= 0.3 is 5.97 Å². The zero-order chi connectivity index (χ0) is 9.84. The predicted octanol–water partition coefficient (Wildman–Crippen LogP) is 1.19. The van der Waals surface area contributed by atoms with Crippen LogP contribution in [0.1, 0.15) is 35.4 Å². The lowest BCUT2D eigenvalue weighted by Crippen LogP contribution is -2.10. The van der Waals surface area contributed by atoms with Crippen LogP contribution in [0.2, 0.25) is 0 Å². The largest absolute Gasteiger partial charge is 0.477 e. The highest BCUT2D eigenvalue weighted by molar-refractivity contribution is 5.85. The van der Waals surface area contributed by atoms with Gasteiger partial charge in [-0.3, -0.25) is 0 Å². The Morgan fingerprint density at radius 3 is 3.00 bits per heavy atom. The molecule has 0 fully saturated rings. The number of carboxylic acids is 1. The standard InChI is InChI=1S/C9H12N2O2/c1-2-7(10)6-3-4-11-8(5-6)9(12)13/h3-5,7H,2,10H2,1H3,(H,12,13)/t7-/m1/s1. The second kappa shape index (κ2) is 4.00. The Bertz CT molecular complexity index is 312. The molecule has 4 heteroatoms. The number of nitrogens with two attached hydrogens (primary N) is 1. The molecule has 0 saturated heterocycles. The molecule has 4 nitrogen and oxygen atoms in total. The van der Waals surface area contributed by atoms with Gasteiger partial charge in [-0.15, -0.1) is 0 Å². The van der Waals surface area contributed by atoms with Gasteiger partial charge in [-0.05, 0) is 24.1 Å². The first-order chi connectivity index (χ1) is 6.15. The van der Waals surface area contributed by atoms with Crippen LogP contribution in [0.25, 0.3) is 0 Å². The van der Waals surface area contributed by atoms with E-state index in [2.05, 4.69) is 4.98 Å². The summed E-state index contributed by atoms with van der Waals surface area (Å²) in [5.74, 6) is -1.02. The van der Waals surface area contributed by atoms with Crippen LogP contribution in [0.3, 0.4) is 0 Å². The summed E-state index contributed by atoms with van der Waals surface area (Å²) in [6, 6.07) is 3.14. The first kappa shape index (κ1) is 9.67. The van der Waals surface area contributed by atoms with Crippen LogP contribution in [0.15, 0.2) is 18.3 Å². The highest BCUT2D eigenvalue weighted by Gasteiger charge is 2.08. The maximum absolute atomic E-state index is 10.6. The Balaban J connectivity index is 2.98. The van der Waals surface area contributed by atoms with Crippen molar-refractivity contribution in [1.29, 1.82) is 0 Å². The number of nitrogens with zero attached hydrogens (tertiary/aromatic N) is 1. The van der Waals surface area contributed by atoms with E-state index < -0.39 is 5.97 Å². The first-order valence-electron chi connectivity index (χ1n) is 4.10. The number of carboxylic acid groups (broad SMARTS) is 1. The Kier molecular flexibility index (Phi) is 2.97. The predicted molar refractivity (Wildman–Crippen MR) is 48.4 cm³/mol. The van der Waals surface area contributed by atoms with Crippen molar-refractivity contribution in [2.24, 2.45) is 5.73 Å². The van der Waals surface area contributed by atoms with Gasteiger partial charge in [-0.25, -0.2) is 9.78 Å². The quantitative estimate of drug-likeness (QED) is 0.732. The summed E-state index contributed by atoms with van der Waals surface area (Å²) < 4.78 is 0. The van der Waals surface area contributed by atoms with Crippen LogP contribution in [0.4, 0.5) is 0 Å². The molecular formula is C9H12N2O2. The van der Waals surface area contributed by atoms with Crippen molar-refractivity contribution >= 4 is 5.97 Å². The molecule has 0 aliphatic carbocycles. The van der Waals surface area contributed by atoms with Crippen molar-refractivity contribution in [3.63, 3.8) is 0 Å². The number of aromatic nitrogens is 1. The monoisotopic (exact) mass is 180 g/mol. The average Bonchev–Trinajstić information content (AvgIpc) is 2.17. The summed E-state index contributed by atoms with van der Waals surface area (Å²) in [4.78, 5) is 14.3. The maximum Gasteiger partial charge on any atom is 0.354 e. The molecule has 1 rings (SSSR count). The van der Waals surface area contributed by atoms with Gasteiger partial charge in [0.1, 0.15) is 5.69 Å². The third-order valence-corrected chi connectivity index (χ3v) is 1.87. The molecule has 1 heterocycles. The first-order valence-corrected chi connectivity index (χ1v) is 4.10. The molecule has 1 aromatic rings. The highest BCUT2D eigenvalue weighted by Crippen LogP contribution is 2.13. The molecule has 13 heavy (non-hydrogen) atoms. The normalized spacial score (nSPS) is 12.5. The molecule has 0 radical (unpaired) electrons. The van der Waals surface area contributed by atoms with Gasteiger partial charge in [0, 0.05) is 12.2 Å². The lowest BCUT2D eigenvalue weighted by atomic mass is 10.1. The molecule has 0 saturated carbocycles. The molecule has 70 valence electrons. The summed E-state index contributed by atoms with van der Waals surface area (Å²) in [5, 5.41) is 8.66. The summed E-state index contributed by atoms with van der Waals surface area (Å²) in [6.07, 6.45) is 2.25. The number of rotatable bonds is 3. The van der Waals surface area contributed by atoms with Crippen LogP contribution >= 0.6 is 0 Å². The van der Waals surface area contributed by atoms with E-state index in [0.29, 0.717) is 0 Å². The van der Waals surface area contributed by atoms with Crippen molar-refractivity contribution < 1.29 is 9.90 Å². The second-order valence-electron chi connectivity index (χ2n) is 2.79. The molecule has 1 atom stereocenters. The summed E-state index contributed by atoms with van der Waals surface area (Å²) in [5.41, 5.74) is 6.60. The molecule has 3 N–H and O–H groups in total. The second-order valence-corrected chi connectivity index (χ2v) is 2.79. The smallest absolute Gasteiger partial charge is 0.354 e. The maximum atomic E-state index is 10.6. The summed E-state index contributed by atoms with van der Waals surface area (Å²) in [7, 11) is 0. The number of hydrogen-bond acceptors (Lipinski definition) is 3. The van der Waals surface area contributed by atoms with Crippen molar-refractivity contribution in [1.82, 2.24) is 4.98 Å². The van der Waals surface area contributed by atoms with E-state index in [1.807, 2.05) is 6.92 Å². The van der Waals surface area contributed by atoms with E-state index >= 15 is 0 Å². The Labute approximate surface area is 76.4 Å². The van der Waals surface area contributed by atoms with Gasteiger partial charge < -0.3 is 10.8 Å². The van der Waals surface area contributed by atoms with Gasteiger partial charge in [0.2, 0.25) is 0 Å². The third kappa shape index (κ3) is 2.26. The zero-order valence-corrected chi connectivity index (χ0v) is 7.40. The Morgan fingerprint density at radius 1 is 1.77 bits per heavy atom. The SMILES string of the molecule is CC[C@@H](N)c1ccnc(C(=O)O)c1. The van der Waals surface area contributed by atoms with Crippen LogP contribution in [0, 0.1) is 0 Å². The van der Waals surface area contributed by atoms with E-state index in [4.69, 9.17) is 10.8 Å². The van der Waals surface area contributed by atoms with Gasteiger partial charge in [0.05, 0.1) is 0 Å². The van der Waals surface area contributed by atoms with E-state index in [1.54, 1.807) is 6.07 Å². The fraction of sp³-hybridized carbons (Fsp3) is 0.333. The van der Waals surface area contributed by atoms with Crippen molar-refractivity contribution in [2.75, 3.05) is 0 Å². The minimum absolute atomic E-state index is 0.0430. The van der Waals surface area contributed by atoms with E-state index in [0.717, 1.165) is 12.0 Å². The molecule has 0 bridgehead atoms. The van der Waals surface area contributed by atoms with Crippen LogP contribution in [0.5, 0.6) is 0 Å². The molecule has 0 spiro atoms. The topological polar surface area (TPSA) is 76.2 Å². The van der Waals surface area contributed by atoms with Gasteiger partial charge in [0.25, 0.3) is 0 Å². The minimum Gasteiger partial charge on any atom is -0.477 e. The fourth-order valence-corrected chi connectivity index (χ4v) is 1.03. The Hall–Kier alpha value is -1.42. The minimum atomic E-state index is -1.02. The molecule has 0 unspecified atom stereocenters. The molecule has 1 aromatic heterocycles. The molecular weight excluding hydrogens is 168 g/mol. The molecule has 0 amide bonds. The van der Waals surface area contributed by atoms with Crippen LogP contribution in [-0.2, 0) is 0 Å². The van der Waals surface area contributed by atoms with Gasteiger partial charge in [0.15, 0.2) is 0 Å². The van der Waals surface area contributed by atoms with Crippen LogP contribution in [-0.4, -0.2) is 16.1 Å². The third-order valence-electron chi connectivity index (χ3n) is 1.87. The highest BCUT2D eigenvalue weighted by atomic mass is 16.4. The van der Waals surface area contributed by atoms with Crippen molar-refractivity contribution in [3.05, 3.63) is 29.6 Å². The summed E-state index contributed by atoms with van der Waals surface area (Å²) >= 11 is 0. The lowest BCUT2D eigenvalue weighted by molar-refractivity contribution is 0.0690. The van der Waals surface area contributed by atoms with E-state index in [1.165, 1.54) is 12.3 Å². The van der Waals surface area contributed by atoms with Crippen LogP contribution < -0.4 is 5.73 Å². The van der Waals surface area contributed by atoms with Gasteiger partial charge in [-0.2, -0.15) is 0 Å². The van der Waals surface area contributed by atoms with E-state index in [9.17, 15) is 4.79 Å².